The first-order valence-corrected chi connectivity index (χ1v) is 10.7. The van der Waals surface area contributed by atoms with Crippen LogP contribution in [0.5, 0.6) is 0 Å². The van der Waals surface area contributed by atoms with Crippen molar-refractivity contribution < 1.29 is 4.79 Å². The molecule has 2 rings (SSSR count). The van der Waals surface area contributed by atoms with Crippen LogP contribution in [0.2, 0.25) is 0 Å². The largest absolute Gasteiger partial charge is 0.357 e. The number of anilines is 1. The summed E-state index contributed by atoms with van der Waals surface area (Å²) in [7, 11) is 0. The van der Waals surface area contributed by atoms with Gasteiger partial charge in [-0.15, -0.1) is 11.3 Å². The van der Waals surface area contributed by atoms with E-state index in [2.05, 4.69) is 32.9 Å². The van der Waals surface area contributed by atoms with Crippen molar-refractivity contribution in [2.75, 3.05) is 11.9 Å². The van der Waals surface area contributed by atoms with Gasteiger partial charge >= 0.3 is 0 Å². The Morgan fingerprint density at radius 2 is 2.07 bits per heavy atom. The van der Waals surface area contributed by atoms with Crippen molar-refractivity contribution in [2.45, 2.75) is 53.6 Å². The van der Waals surface area contributed by atoms with Crippen LogP contribution in [-0.2, 0) is 24.3 Å². The number of hydrogen-bond donors (Lipinski definition) is 3. The lowest BCUT2D eigenvalue weighted by Crippen LogP contribution is -2.36. The number of carbonyl (C=O) groups is 1. The van der Waals surface area contributed by atoms with E-state index in [1.54, 1.807) is 11.3 Å². The summed E-state index contributed by atoms with van der Waals surface area (Å²) >= 11 is 1.72. The van der Waals surface area contributed by atoms with Gasteiger partial charge in [0.15, 0.2) is 5.96 Å². The Morgan fingerprint density at radius 3 is 2.75 bits per heavy atom. The maximum absolute atomic E-state index is 12.1. The van der Waals surface area contributed by atoms with E-state index in [1.165, 1.54) is 4.88 Å². The van der Waals surface area contributed by atoms with Crippen LogP contribution in [0.3, 0.4) is 0 Å². The lowest BCUT2D eigenvalue weighted by molar-refractivity contribution is -0.119. The fourth-order valence-corrected chi connectivity index (χ4v) is 3.27. The smallest absolute Gasteiger partial charge is 0.227 e. The molecule has 0 bridgehead atoms. The summed E-state index contributed by atoms with van der Waals surface area (Å²) in [5, 5.41) is 10.6. The van der Waals surface area contributed by atoms with Crippen molar-refractivity contribution in [3.05, 3.63) is 45.9 Å². The number of benzene rings is 1. The molecule has 0 aliphatic rings. The van der Waals surface area contributed by atoms with Crippen LogP contribution in [0.4, 0.5) is 5.69 Å². The monoisotopic (exact) mass is 401 g/mol. The molecule has 0 fully saturated rings. The van der Waals surface area contributed by atoms with Crippen molar-refractivity contribution in [3.8, 4) is 0 Å². The molecule has 0 radical (unpaired) electrons. The zero-order valence-electron chi connectivity index (χ0n) is 17.2. The number of nitrogens with one attached hydrogen (secondary N) is 3. The Kier molecular flexibility index (Phi) is 8.94. The van der Waals surface area contributed by atoms with E-state index in [4.69, 9.17) is 0 Å². The molecule has 1 amide bonds. The van der Waals surface area contributed by atoms with Crippen molar-refractivity contribution >= 4 is 28.9 Å². The van der Waals surface area contributed by atoms with Gasteiger partial charge in [0.05, 0.1) is 13.1 Å². The van der Waals surface area contributed by atoms with Gasteiger partial charge in [0, 0.05) is 29.2 Å². The molecule has 2 aromatic rings. The van der Waals surface area contributed by atoms with Gasteiger partial charge in [0.25, 0.3) is 0 Å². The van der Waals surface area contributed by atoms with Crippen LogP contribution in [0.15, 0.2) is 35.5 Å². The second-order valence-corrected chi connectivity index (χ2v) is 7.82. The summed E-state index contributed by atoms with van der Waals surface area (Å²) in [5.74, 6) is 0.808. The normalized spacial score (nSPS) is 12.5. The molecule has 3 N–H and O–H groups in total. The predicted octanol–water partition coefficient (Wildman–Crippen LogP) is 3.95. The zero-order chi connectivity index (χ0) is 20.4. The van der Waals surface area contributed by atoms with Crippen molar-refractivity contribution in [1.82, 2.24) is 15.6 Å². The Balaban J connectivity index is 1.97. The predicted molar refractivity (Wildman–Crippen MR) is 118 cm³/mol. The fraction of sp³-hybridized carbons (Fsp3) is 0.476. The Morgan fingerprint density at radius 1 is 1.25 bits per heavy atom. The van der Waals surface area contributed by atoms with Gasteiger partial charge in [0.1, 0.15) is 5.01 Å². The lowest BCUT2D eigenvalue weighted by Gasteiger charge is -2.12. The number of guanidine groups is 1. The minimum Gasteiger partial charge on any atom is -0.357 e. The van der Waals surface area contributed by atoms with Crippen LogP contribution in [0.25, 0.3) is 0 Å². The molecule has 0 saturated heterocycles. The highest BCUT2D eigenvalue weighted by atomic mass is 32.1. The number of aromatic nitrogens is 1. The van der Waals surface area contributed by atoms with E-state index in [9.17, 15) is 4.79 Å². The zero-order valence-corrected chi connectivity index (χ0v) is 18.0. The van der Waals surface area contributed by atoms with Crippen LogP contribution >= 0.6 is 11.3 Å². The summed E-state index contributed by atoms with van der Waals surface area (Å²) in [4.78, 5) is 22.5. The number of aryl methyl sites for hydroxylation is 1. The van der Waals surface area contributed by atoms with Crippen molar-refractivity contribution in [3.63, 3.8) is 0 Å². The number of amides is 1. The van der Waals surface area contributed by atoms with Crippen LogP contribution in [-0.4, -0.2) is 23.4 Å². The summed E-state index contributed by atoms with van der Waals surface area (Å²) in [6, 6.07) is 7.84. The first-order valence-electron chi connectivity index (χ1n) is 9.91. The summed E-state index contributed by atoms with van der Waals surface area (Å²) in [5.41, 5.74) is 1.85. The van der Waals surface area contributed by atoms with Crippen molar-refractivity contribution in [2.24, 2.45) is 10.9 Å². The topological polar surface area (TPSA) is 78.4 Å². The molecule has 6 nitrogen and oxygen atoms in total. The van der Waals surface area contributed by atoms with E-state index in [-0.39, 0.29) is 11.8 Å². The fourth-order valence-electron chi connectivity index (χ4n) is 2.46. The number of carbonyl (C=O) groups excluding carboxylic acids is 1. The maximum atomic E-state index is 12.1. The Hall–Kier alpha value is -2.41. The number of hydrogen-bond acceptors (Lipinski definition) is 4. The first kappa shape index (κ1) is 21.9. The van der Waals surface area contributed by atoms with E-state index < -0.39 is 0 Å². The summed E-state index contributed by atoms with van der Waals surface area (Å²) < 4.78 is 0. The molecular formula is C21H31N5OS. The molecule has 0 spiro atoms. The second-order valence-electron chi connectivity index (χ2n) is 6.62. The van der Waals surface area contributed by atoms with Gasteiger partial charge in [-0.25, -0.2) is 9.98 Å². The molecule has 1 unspecified atom stereocenters. The number of nitrogens with zero attached hydrogens (tertiary/aromatic N) is 2. The third-order valence-electron chi connectivity index (χ3n) is 4.38. The molecule has 1 atom stereocenters. The Bertz CT molecular complexity index is 787. The molecule has 7 heteroatoms. The number of rotatable bonds is 9. The van der Waals surface area contributed by atoms with Gasteiger partial charge in [-0.3, -0.25) is 4.79 Å². The third kappa shape index (κ3) is 6.96. The average molecular weight is 402 g/mol. The standard InChI is InChI=1S/C21H31N5OS/c1-5-15(4)20(27)26-17-10-8-9-16(11-17)12-24-21(22-7-3)25-14-19-23-13-18(6-2)28-19/h8-11,13,15H,5-7,12,14H2,1-4H3,(H,26,27)(H2,22,24,25). The summed E-state index contributed by atoms with van der Waals surface area (Å²) in [6.45, 7) is 10.1. The molecule has 1 heterocycles. The minimum atomic E-state index is 0.00493. The van der Waals surface area contributed by atoms with E-state index >= 15 is 0 Å². The summed E-state index contributed by atoms with van der Waals surface area (Å²) in [6.07, 6.45) is 3.77. The highest BCUT2D eigenvalue weighted by molar-refractivity contribution is 7.11. The molecule has 0 saturated carbocycles. The SMILES string of the molecule is CCNC(=NCc1cccc(NC(=O)C(C)CC)c1)NCc1ncc(CC)s1. The third-order valence-corrected chi connectivity index (χ3v) is 5.52. The van der Waals surface area contributed by atoms with Gasteiger partial charge in [-0.1, -0.05) is 32.9 Å². The molecule has 1 aromatic carbocycles. The minimum absolute atomic E-state index is 0.00493. The van der Waals surface area contributed by atoms with E-state index in [0.717, 1.165) is 41.6 Å². The lowest BCUT2D eigenvalue weighted by atomic mass is 10.1. The van der Waals surface area contributed by atoms with E-state index in [1.807, 2.05) is 51.2 Å². The molecular weight excluding hydrogens is 370 g/mol. The molecule has 1 aromatic heterocycles. The molecule has 28 heavy (non-hydrogen) atoms. The molecule has 0 aliphatic carbocycles. The van der Waals surface area contributed by atoms with Crippen LogP contribution < -0.4 is 16.0 Å². The van der Waals surface area contributed by atoms with E-state index in [0.29, 0.717) is 13.1 Å². The van der Waals surface area contributed by atoms with Crippen LogP contribution in [0.1, 0.15) is 49.6 Å². The van der Waals surface area contributed by atoms with Gasteiger partial charge in [0.2, 0.25) is 5.91 Å². The highest BCUT2D eigenvalue weighted by Gasteiger charge is 2.10. The quantitative estimate of drug-likeness (QED) is 0.439. The van der Waals surface area contributed by atoms with Crippen molar-refractivity contribution in [1.29, 1.82) is 0 Å². The van der Waals surface area contributed by atoms with Gasteiger partial charge < -0.3 is 16.0 Å². The Labute approximate surface area is 171 Å². The molecule has 0 aliphatic heterocycles. The molecule has 152 valence electrons. The maximum Gasteiger partial charge on any atom is 0.227 e. The first-order chi connectivity index (χ1) is 13.5. The van der Waals surface area contributed by atoms with Crippen LogP contribution in [0, 0.1) is 5.92 Å². The number of aliphatic imine (C=N–C) groups is 1. The average Bonchev–Trinajstić information content (AvgIpc) is 3.17. The number of thiazole rings is 1. The second kappa shape index (κ2) is 11.4. The van der Waals surface area contributed by atoms with Gasteiger partial charge in [-0.2, -0.15) is 0 Å². The highest BCUT2D eigenvalue weighted by Crippen LogP contribution is 2.14. The van der Waals surface area contributed by atoms with Gasteiger partial charge in [-0.05, 0) is 37.5 Å².